The number of anilines is 2. The van der Waals surface area contributed by atoms with E-state index in [-0.39, 0.29) is 11.6 Å². The molecule has 0 amide bonds. The normalized spacial score (nSPS) is 32.9. The monoisotopic (exact) mass is 626 g/mol. The van der Waals surface area contributed by atoms with Crippen molar-refractivity contribution in [2.45, 2.75) is 49.1 Å². The third-order valence-electron chi connectivity index (χ3n) is 5.92. The molecule has 8 N–H and O–H groups in total. The number of aliphatic hydroxyl groups is 4. The van der Waals surface area contributed by atoms with Crippen LogP contribution in [0.4, 0.5) is 11.6 Å². The van der Waals surface area contributed by atoms with Gasteiger partial charge in [-0.1, -0.05) is 0 Å². The zero-order valence-electron chi connectivity index (χ0n) is 20.5. The first-order valence-electron chi connectivity index (χ1n) is 11.4. The number of nitrogens with two attached hydrogens (primary N) is 2. The first kappa shape index (κ1) is 31.3. The molecule has 2 unspecified atom stereocenters. The molecular weight excluding hydrogens is 602 g/mol. The van der Waals surface area contributed by atoms with E-state index >= 15 is 0 Å². The number of aliphatic hydroxyl groups excluding tert-OH is 4. The fourth-order valence-corrected chi connectivity index (χ4v) is 5.95. The molecule has 0 aliphatic carbocycles. The topological polar surface area (TPSA) is 329 Å². The van der Waals surface area contributed by atoms with Gasteiger partial charge in [-0.05, 0) is 12.1 Å². The molecule has 2 saturated heterocycles. The van der Waals surface area contributed by atoms with Crippen molar-refractivity contribution in [3.05, 3.63) is 45.5 Å². The van der Waals surface area contributed by atoms with Gasteiger partial charge in [0.2, 0.25) is 0 Å². The highest BCUT2D eigenvalue weighted by atomic mass is 31.3. The van der Waals surface area contributed by atoms with Crippen LogP contribution in [-0.2, 0) is 32.0 Å². The Bertz CT molecular complexity index is 1360. The lowest BCUT2D eigenvalue weighted by molar-refractivity contribution is -0.246. The van der Waals surface area contributed by atoms with Crippen LogP contribution in [0, 0.1) is 0 Å². The van der Waals surface area contributed by atoms with Gasteiger partial charge < -0.3 is 60.2 Å². The molecule has 0 radical (unpaired) electrons. The van der Waals surface area contributed by atoms with Crippen LogP contribution < -0.4 is 32.6 Å². The van der Waals surface area contributed by atoms with E-state index in [0.717, 1.165) is 21.5 Å². The lowest BCUT2D eigenvalue weighted by Gasteiger charge is -2.32. The molecule has 2 aliphatic rings. The van der Waals surface area contributed by atoms with E-state index in [4.69, 9.17) is 20.9 Å². The van der Waals surface area contributed by atoms with Crippen molar-refractivity contribution in [3.63, 3.8) is 0 Å². The lowest BCUT2D eigenvalue weighted by atomic mass is 10.1. The van der Waals surface area contributed by atoms with E-state index in [2.05, 4.69) is 23.3 Å². The molecule has 2 aliphatic heterocycles. The Morgan fingerprint density at radius 1 is 0.780 bits per heavy atom. The predicted octanol–water partition coefficient (Wildman–Crippen LogP) is -5.11. The van der Waals surface area contributed by atoms with E-state index in [1.54, 1.807) is 0 Å². The summed E-state index contributed by atoms with van der Waals surface area (Å²) < 4.78 is 49.2. The molecule has 4 rings (SSSR count). The second-order valence-corrected chi connectivity index (χ2v) is 11.7. The van der Waals surface area contributed by atoms with Crippen molar-refractivity contribution >= 4 is 27.3 Å². The zero-order chi connectivity index (χ0) is 30.3. The number of phosphoric acid groups is 2. The Morgan fingerprint density at radius 3 is 1.49 bits per heavy atom. The Morgan fingerprint density at radius 2 is 1.15 bits per heavy atom. The second-order valence-electron chi connectivity index (χ2n) is 8.74. The van der Waals surface area contributed by atoms with Crippen LogP contribution in [0.2, 0.25) is 0 Å². The molecule has 2 fully saturated rings. The summed E-state index contributed by atoms with van der Waals surface area (Å²) in [5, 5.41) is 40.7. The summed E-state index contributed by atoms with van der Waals surface area (Å²) in [6.07, 6.45) is -11.0. The van der Waals surface area contributed by atoms with Crippen LogP contribution in [0.15, 0.2) is 34.1 Å². The van der Waals surface area contributed by atoms with E-state index in [1.165, 1.54) is 12.1 Å². The average molecular weight is 626 g/mol. The summed E-state index contributed by atoms with van der Waals surface area (Å²) in [7, 11) is -11.4. The second kappa shape index (κ2) is 11.9. The van der Waals surface area contributed by atoms with Crippen molar-refractivity contribution in [1.29, 1.82) is 0 Å². The Labute approximate surface area is 228 Å². The number of rotatable bonds is 10. The van der Waals surface area contributed by atoms with Crippen molar-refractivity contribution < 1.29 is 62.2 Å². The van der Waals surface area contributed by atoms with Gasteiger partial charge in [0, 0.05) is 12.4 Å². The maximum atomic E-state index is 12.1. The SMILES string of the molecule is Nc1ccn([C@@H]2O[C@H](COP(=O)([O-])OP(=O)([O-])OC[C@H]3O[C@@H](n4ccc(N)nc4=O)[C@H](O)[C@@H]3O)[C@@H](O)[C@H]2O)c(=O)n1. The molecule has 0 saturated carbocycles. The van der Waals surface area contributed by atoms with Crippen molar-refractivity contribution in [2.24, 2.45) is 0 Å². The van der Waals surface area contributed by atoms with Gasteiger partial charge in [-0.2, -0.15) is 9.97 Å². The van der Waals surface area contributed by atoms with Crippen molar-refractivity contribution in [2.75, 3.05) is 24.7 Å². The largest absolute Gasteiger partial charge is 0.756 e. The summed E-state index contributed by atoms with van der Waals surface area (Å²) in [4.78, 5) is 55.1. The molecule has 4 heterocycles. The lowest BCUT2D eigenvalue weighted by Crippen LogP contribution is -2.36. The van der Waals surface area contributed by atoms with Gasteiger partial charge >= 0.3 is 11.4 Å². The van der Waals surface area contributed by atoms with Gasteiger partial charge in [0.15, 0.2) is 12.5 Å². The standard InChI is InChI=1S/C18H26N6O15P2/c19-9-1-3-23(17(29)21-9)15-13(27)11(25)7(37-15)5-35-40(31,32)39-41(33,34)36-6-8-12(26)14(28)16(38-8)24-4-2-10(20)22-18(24)30/h1-4,7-8,11-16,25-28H,5-6H2,(H,31,32)(H,33,34)(H2,19,21,29)(H2,20,22,30)/p-2/t7-,8-,11-,12-,13-,14-,15-,16-/m1/s1. The average Bonchev–Trinajstić information content (AvgIpc) is 3.31. The number of phosphoric ester groups is 2. The van der Waals surface area contributed by atoms with Crippen LogP contribution in [0.5, 0.6) is 0 Å². The maximum absolute atomic E-state index is 12.1. The molecule has 0 spiro atoms. The van der Waals surface area contributed by atoms with E-state index in [9.17, 15) is 48.9 Å². The van der Waals surface area contributed by atoms with Gasteiger partial charge in [-0.25, -0.2) is 13.9 Å². The number of aromatic nitrogens is 4. The molecule has 21 nitrogen and oxygen atoms in total. The molecule has 0 bridgehead atoms. The van der Waals surface area contributed by atoms with E-state index < -0.39 is 89.3 Å². The minimum absolute atomic E-state index is 0.132. The molecule has 23 heteroatoms. The fraction of sp³-hybridized carbons (Fsp3) is 0.556. The number of hydrogen-bond donors (Lipinski definition) is 6. The predicted molar refractivity (Wildman–Crippen MR) is 126 cm³/mol. The van der Waals surface area contributed by atoms with Gasteiger partial charge in [-0.3, -0.25) is 18.3 Å². The molecule has 0 aromatic carbocycles. The first-order valence-corrected chi connectivity index (χ1v) is 14.4. The number of ether oxygens (including phenoxy) is 2. The molecule has 10 atom stereocenters. The smallest absolute Gasteiger partial charge is 0.351 e. The number of nitrogen functional groups attached to an aromatic ring is 2. The van der Waals surface area contributed by atoms with Crippen LogP contribution in [0.25, 0.3) is 0 Å². The summed E-state index contributed by atoms with van der Waals surface area (Å²) >= 11 is 0. The van der Waals surface area contributed by atoms with E-state index in [0.29, 0.717) is 0 Å². The minimum atomic E-state index is -5.72. The number of nitrogens with zero attached hydrogens (tertiary/aromatic N) is 4. The summed E-state index contributed by atoms with van der Waals surface area (Å²) in [5.74, 6) is -0.264. The molecule has 41 heavy (non-hydrogen) atoms. The molecular formula is C18H24N6O15P2-2. The molecule has 2 aromatic heterocycles. The van der Waals surface area contributed by atoms with Gasteiger partial charge in [-0.15, -0.1) is 0 Å². The quantitative estimate of drug-likeness (QED) is 0.134. The Kier molecular flexibility index (Phi) is 9.12. The summed E-state index contributed by atoms with van der Waals surface area (Å²) in [6, 6.07) is 2.40. The summed E-state index contributed by atoms with van der Waals surface area (Å²) in [5.41, 5.74) is 8.88. The highest BCUT2D eigenvalue weighted by molar-refractivity contribution is 7.59. The van der Waals surface area contributed by atoms with Crippen LogP contribution in [0.3, 0.4) is 0 Å². The third kappa shape index (κ3) is 7.07. The summed E-state index contributed by atoms with van der Waals surface area (Å²) in [6.45, 7) is -2.12. The minimum Gasteiger partial charge on any atom is -0.756 e. The maximum Gasteiger partial charge on any atom is 0.351 e. The Hall–Kier alpha value is -2.62. The van der Waals surface area contributed by atoms with E-state index in [1.807, 2.05) is 0 Å². The van der Waals surface area contributed by atoms with Crippen LogP contribution in [-0.4, -0.2) is 89.4 Å². The zero-order valence-corrected chi connectivity index (χ0v) is 22.2. The van der Waals surface area contributed by atoms with Gasteiger partial charge in [0.1, 0.15) is 48.3 Å². The van der Waals surface area contributed by atoms with Crippen LogP contribution >= 0.6 is 15.6 Å². The van der Waals surface area contributed by atoms with Gasteiger partial charge in [0.25, 0.3) is 15.6 Å². The molecule has 2 aromatic rings. The first-order chi connectivity index (χ1) is 19.1. The fourth-order valence-electron chi connectivity index (χ4n) is 3.93. The Balaban J connectivity index is 1.32. The number of hydrogen-bond acceptors (Lipinski definition) is 19. The van der Waals surface area contributed by atoms with Crippen LogP contribution in [0.1, 0.15) is 12.5 Å². The molecule has 228 valence electrons. The highest BCUT2D eigenvalue weighted by Crippen LogP contribution is 2.56. The van der Waals surface area contributed by atoms with Gasteiger partial charge in [0.05, 0.1) is 13.2 Å². The van der Waals surface area contributed by atoms with Crippen molar-refractivity contribution in [3.8, 4) is 0 Å². The highest BCUT2D eigenvalue weighted by Gasteiger charge is 2.46. The third-order valence-corrected chi connectivity index (χ3v) is 8.45. The van der Waals surface area contributed by atoms with Crippen molar-refractivity contribution in [1.82, 2.24) is 19.1 Å².